The molecule has 1 fully saturated rings. The molecule has 178 valence electrons. The number of nitrogens with one attached hydrogen (secondary N) is 1. The Balaban J connectivity index is 1.69. The minimum atomic E-state index is -1.14. The van der Waals surface area contributed by atoms with Crippen molar-refractivity contribution in [3.05, 3.63) is 35.4 Å². The van der Waals surface area contributed by atoms with E-state index in [4.69, 9.17) is 9.57 Å². The number of carbonyl (C=O) groups excluding carboxylic acids is 5. The van der Waals surface area contributed by atoms with Crippen molar-refractivity contribution in [2.45, 2.75) is 65.1 Å². The number of carbonyl (C=O) groups is 5. The molecule has 2 aliphatic rings. The summed E-state index contributed by atoms with van der Waals surface area (Å²) in [6.07, 6.45) is 0.432. The van der Waals surface area contributed by atoms with Crippen molar-refractivity contribution < 1.29 is 33.5 Å². The van der Waals surface area contributed by atoms with E-state index in [1.54, 1.807) is 46.8 Å². The van der Waals surface area contributed by atoms with Crippen molar-refractivity contribution in [2.75, 3.05) is 6.54 Å². The second-order valence-corrected chi connectivity index (χ2v) is 9.42. The SMILES string of the molecule is CC(C)C(NC(=O)[C@H]1CCCN1C(=O)OC(C)(C)C)C(=O)ON1C(=O)c2ccccc2C1=O. The lowest BCUT2D eigenvalue weighted by molar-refractivity contribution is -0.173. The van der Waals surface area contributed by atoms with E-state index in [1.807, 2.05) is 0 Å². The van der Waals surface area contributed by atoms with E-state index >= 15 is 0 Å². The minimum Gasteiger partial charge on any atom is -0.444 e. The summed E-state index contributed by atoms with van der Waals surface area (Å²) in [6.45, 7) is 8.95. The van der Waals surface area contributed by atoms with Crippen molar-refractivity contribution in [1.82, 2.24) is 15.3 Å². The molecule has 0 aliphatic carbocycles. The summed E-state index contributed by atoms with van der Waals surface area (Å²) < 4.78 is 5.38. The molecule has 2 aliphatic heterocycles. The highest BCUT2D eigenvalue weighted by molar-refractivity contribution is 6.21. The molecule has 10 nitrogen and oxygen atoms in total. The molecule has 3 rings (SSSR count). The van der Waals surface area contributed by atoms with Gasteiger partial charge in [-0.3, -0.25) is 19.3 Å². The fourth-order valence-corrected chi connectivity index (χ4v) is 3.72. The Morgan fingerprint density at radius 1 is 1.06 bits per heavy atom. The van der Waals surface area contributed by atoms with Crippen LogP contribution < -0.4 is 5.32 Å². The molecule has 0 saturated carbocycles. The van der Waals surface area contributed by atoms with Crippen molar-refractivity contribution >= 4 is 29.8 Å². The Labute approximate surface area is 192 Å². The van der Waals surface area contributed by atoms with E-state index in [2.05, 4.69) is 5.32 Å². The van der Waals surface area contributed by atoms with Crippen LogP contribution in [0, 0.1) is 5.92 Å². The van der Waals surface area contributed by atoms with Crippen LogP contribution in [0.15, 0.2) is 24.3 Å². The largest absolute Gasteiger partial charge is 0.444 e. The van der Waals surface area contributed by atoms with E-state index in [1.165, 1.54) is 17.0 Å². The molecule has 4 amide bonds. The number of rotatable bonds is 5. The summed E-state index contributed by atoms with van der Waals surface area (Å²) in [5.41, 5.74) is -0.434. The fourth-order valence-electron chi connectivity index (χ4n) is 3.72. The van der Waals surface area contributed by atoms with Gasteiger partial charge in [0.1, 0.15) is 17.7 Å². The lowest BCUT2D eigenvalue weighted by Gasteiger charge is -2.29. The number of fused-ring (bicyclic) bond motifs is 1. The summed E-state index contributed by atoms with van der Waals surface area (Å²) in [6, 6.07) is 4.21. The van der Waals surface area contributed by atoms with Gasteiger partial charge in [-0.1, -0.05) is 31.0 Å². The highest BCUT2D eigenvalue weighted by Crippen LogP contribution is 2.24. The summed E-state index contributed by atoms with van der Waals surface area (Å²) in [5.74, 6) is -3.38. The average Bonchev–Trinajstić information content (AvgIpc) is 3.31. The van der Waals surface area contributed by atoms with Crippen molar-refractivity contribution in [3.8, 4) is 0 Å². The molecule has 1 N–H and O–H groups in total. The van der Waals surface area contributed by atoms with Gasteiger partial charge in [0, 0.05) is 6.54 Å². The number of hydroxylamine groups is 2. The predicted octanol–water partition coefficient (Wildman–Crippen LogP) is 2.28. The molecular formula is C23H29N3O7. The zero-order valence-electron chi connectivity index (χ0n) is 19.4. The summed E-state index contributed by atoms with van der Waals surface area (Å²) in [5, 5.41) is 3.03. The summed E-state index contributed by atoms with van der Waals surface area (Å²) in [7, 11) is 0. The second kappa shape index (κ2) is 9.21. The van der Waals surface area contributed by atoms with Crippen LogP contribution in [0.5, 0.6) is 0 Å². The molecule has 33 heavy (non-hydrogen) atoms. The van der Waals surface area contributed by atoms with Crippen LogP contribution in [0.2, 0.25) is 0 Å². The van der Waals surface area contributed by atoms with Crippen LogP contribution in [0.4, 0.5) is 4.79 Å². The third-order valence-corrected chi connectivity index (χ3v) is 5.34. The Hall–Kier alpha value is -3.43. The standard InChI is InChI=1S/C23H29N3O7/c1-13(2)17(21(30)33-26-19(28)14-9-6-7-10-15(14)20(26)29)24-18(27)16-11-8-12-25(16)22(31)32-23(3,4)5/h6-7,9-10,13,16-17H,8,11-12H2,1-5H3,(H,24,27)/t16-,17?/m1/s1. The van der Waals surface area contributed by atoms with Gasteiger partial charge >= 0.3 is 12.1 Å². The first kappa shape index (κ1) is 24.2. The third kappa shape index (κ3) is 5.15. The molecule has 1 unspecified atom stereocenters. The quantitative estimate of drug-likeness (QED) is 0.670. The topological polar surface area (TPSA) is 122 Å². The van der Waals surface area contributed by atoms with Crippen LogP contribution in [0.1, 0.15) is 68.2 Å². The number of likely N-dealkylation sites (tertiary alicyclic amines) is 1. The average molecular weight is 459 g/mol. The van der Waals surface area contributed by atoms with Gasteiger partial charge in [-0.25, -0.2) is 9.59 Å². The van der Waals surface area contributed by atoms with Gasteiger partial charge in [0.2, 0.25) is 5.91 Å². The maximum Gasteiger partial charge on any atom is 0.410 e. The molecular weight excluding hydrogens is 430 g/mol. The van der Waals surface area contributed by atoms with Crippen molar-refractivity contribution in [1.29, 1.82) is 0 Å². The van der Waals surface area contributed by atoms with Crippen LogP contribution in [-0.4, -0.2) is 64.0 Å². The van der Waals surface area contributed by atoms with Crippen LogP contribution in [-0.2, 0) is 19.2 Å². The smallest absolute Gasteiger partial charge is 0.410 e. The van der Waals surface area contributed by atoms with Crippen LogP contribution >= 0.6 is 0 Å². The fraction of sp³-hybridized carbons (Fsp3) is 0.522. The van der Waals surface area contributed by atoms with Crippen LogP contribution in [0.3, 0.4) is 0 Å². The lowest BCUT2D eigenvalue weighted by Crippen LogP contribution is -2.54. The maximum absolute atomic E-state index is 13.0. The first-order valence-corrected chi connectivity index (χ1v) is 10.9. The number of benzene rings is 1. The molecule has 0 radical (unpaired) electrons. The molecule has 2 heterocycles. The Kier molecular flexibility index (Phi) is 6.76. The second-order valence-electron chi connectivity index (χ2n) is 9.42. The molecule has 1 aromatic carbocycles. The van der Waals surface area contributed by atoms with Gasteiger partial charge in [0.25, 0.3) is 11.8 Å². The molecule has 0 spiro atoms. The molecule has 10 heteroatoms. The van der Waals surface area contributed by atoms with E-state index < -0.39 is 53.4 Å². The highest BCUT2D eigenvalue weighted by Gasteiger charge is 2.42. The Bertz CT molecular complexity index is 948. The zero-order chi connectivity index (χ0) is 24.5. The zero-order valence-corrected chi connectivity index (χ0v) is 19.4. The number of hydrogen-bond acceptors (Lipinski definition) is 7. The highest BCUT2D eigenvalue weighted by atomic mass is 16.7. The monoisotopic (exact) mass is 459 g/mol. The first-order chi connectivity index (χ1) is 15.4. The van der Waals surface area contributed by atoms with Crippen molar-refractivity contribution in [2.24, 2.45) is 5.92 Å². The van der Waals surface area contributed by atoms with Gasteiger partial charge in [0.15, 0.2) is 0 Å². The van der Waals surface area contributed by atoms with Gasteiger partial charge in [-0.2, -0.15) is 0 Å². The van der Waals surface area contributed by atoms with Crippen molar-refractivity contribution in [3.63, 3.8) is 0 Å². The Morgan fingerprint density at radius 3 is 2.15 bits per heavy atom. The number of nitrogens with zero attached hydrogens (tertiary/aromatic N) is 2. The summed E-state index contributed by atoms with van der Waals surface area (Å²) >= 11 is 0. The molecule has 1 saturated heterocycles. The number of amides is 4. The maximum atomic E-state index is 13.0. The van der Waals surface area contributed by atoms with Gasteiger partial charge in [-0.05, 0) is 51.7 Å². The minimum absolute atomic E-state index is 0.138. The van der Waals surface area contributed by atoms with Gasteiger partial charge < -0.3 is 14.9 Å². The van der Waals surface area contributed by atoms with E-state index in [-0.39, 0.29) is 11.1 Å². The van der Waals surface area contributed by atoms with Crippen LogP contribution in [0.25, 0.3) is 0 Å². The first-order valence-electron chi connectivity index (χ1n) is 10.9. The number of imide groups is 1. The number of ether oxygens (including phenoxy) is 1. The predicted molar refractivity (Wildman–Crippen MR) is 116 cm³/mol. The molecule has 2 atom stereocenters. The van der Waals surface area contributed by atoms with Gasteiger partial charge in [0.05, 0.1) is 11.1 Å². The molecule has 1 aromatic rings. The molecule has 0 bridgehead atoms. The summed E-state index contributed by atoms with van der Waals surface area (Å²) in [4.78, 5) is 69.7. The normalized spacial score (nSPS) is 18.9. The molecule has 0 aromatic heterocycles. The van der Waals surface area contributed by atoms with E-state index in [0.29, 0.717) is 24.4 Å². The van der Waals surface area contributed by atoms with Gasteiger partial charge in [-0.15, -0.1) is 0 Å². The number of hydrogen-bond donors (Lipinski definition) is 1. The Morgan fingerprint density at radius 2 is 1.64 bits per heavy atom. The third-order valence-electron chi connectivity index (χ3n) is 5.34. The lowest BCUT2D eigenvalue weighted by atomic mass is 10.0. The van der Waals surface area contributed by atoms with E-state index in [9.17, 15) is 24.0 Å². The van der Waals surface area contributed by atoms with E-state index in [0.717, 1.165) is 0 Å².